The van der Waals surface area contributed by atoms with Gasteiger partial charge in [-0.1, -0.05) is 18.2 Å². The Morgan fingerprint density at radius 1 is 0.880 bits per heavy atom. The van der Waals surface area contributed by atoms with Gasteiger partial charge >= 0.3 is 0 Å². The van der Waals surface area contributed by atoms with E-state index >= 15 is 0 Å². The average molecular weight is 345 g/mol. The third-order valence-electron chi connectivity index (χ3n) is 6.10. The average Bonchev–Trinajstić information content (AvgIpc) is 3.11. The number of piperazine rings is 2. The van der Waals surface area contributed by atoms with Gasteiger partial charge in [0.25, 0.3) is 0 Å². The van der Waals surface area contributed by atoms with Crippen LogP contribution >= 0.6 is 0 Å². The number of para-hydroxylation sites is 1. The third-order valence-corrected chi connectivity index (χ3v) is 6.10. The van der Waals surface area contributed by atoms with Gasteiger partial charge in [0.15, 0.2) is 0 Å². The molecular formula is C20H32N4O. The minimum absolute atomic E-state index is 0.226. The molecule has 0 aliphatic carbocycles. The molecule has 0 unspecified atom stereocenters. The predicted molar refractivity (Wildman–Crippen MR) is 102 cm³/mol. The van der Waals surface area contributed by atoms with Crippen LogP contribution in [0.15, 0.2) is 30.3 Å². The maximum absolute atomic E-state index is 10.6. The molecule has 3 aliphatic rings. The second kappa shape index (κ2) is 8.04. The maximum Gasteiger partial charge on any atom is 0.0793 e. The number of rotatable bonds is 5. The maximum atomic E-state index is 10.6. The first-order valence-corrected chi connectivity index (χ1v) is 9.95. The fraction of sp³-hybridized carbons (Fsp3) is 0.700. The lowest BCUT2D eigenvalue weighted by Crippen LogP contribution is -2.54. The number of β-amino-alcohol motifs (C(OH)–C–C–N with tert-alkyl or cyclic N) is 1. The molecule has 5 heteroatoms. The van der Waals surface area contributed by atoms with Crippen molar-refractivity contribution < 1.29 is 5.11 Å². The summed E-state index contributed by atoms with van der Waals surface area (Å²) in [6.45, 7) is 10.6. The lowest BCUT2D eigenvalue weighted by atomic mass is 10.1. The Hall–Kier alpha value is -1.14. The van der Waals surface area contributed by atoms with Gasteiger partial charge in [-0.25, -0.2) is 0 Å². The van der Waals surface area contributed by atoms with Gasteiger partial charge < -0.3 is 10.0 Å². The summed E-state index contributed by atoms with van der Waals surface area (Å²) in [7, 11) is 0. The minimum atomic E-state index is -0.226. The van der Waals surface area contributed by atoms with Crippen molar-refractivity contribution in [2.45, 2.75) is 25.0 Å². The highest BCUT2D eigenvalue weighted by Gasteiger charge is 2.31. The second-order valence-electron chi connectivity index (χ2n) is 7.87. The van der Waals surface area contributed by atoms with Crippen LogP contribution in [0.5, 0.6) is 0 Å². The van der Waals surface area contributed by atoms with Gasteiger partial charge in [-0.3, -0.25) is 14.7 Å². The summed E-state index contributed by atoms with van der Waals surface area (Å²) >= 11 is 0. The highest BCUT2D eigenvalue weighted by molar-refractivity contribution is 5.46. The van der Waals surface area contributed by atoms with E-state index in [1.165, 1.54) is 31.6 Å². The van der Waals surface area contributed by atoms with E-state index in [4.69, 9.17) is 0 Å². The van der Waals surface area contributed by atoms with Gasteiger partial charge in [0.1, 0.15) is 0 Å². The Labute approximate surface area is 151 Å². The first-order valence-electron chi connectivity index (χ1n) is 9.95. The quantitative estimate of drug-likeness (QED) is 0.860. The summed E-state index contributed by atoms with van der Waals surface area (Å²) in [6.07, 6.45) is 2.47. The van der Waals surface area contributed by atoms with Crippen molar-refractivity contribution in [2.24, 2.45) is 0 Å². The number of hydrogen-bond donors (Lipinski definition) is 1. The molecule has 0 bridgehead atoms. The van der Waals surface area contributed by atoms with Crippen LogP contribution < -0.4 is 4.90 Å². The number of aliphatic hydroxyl groups excluding tert-OH is 1. The standard InChI is InChI=1S/C20H32N4O/c25-20(17-22-11-14-23-8-4-7-19(23)15-22)16-21-9-12-24(13-10-21)18-5-2-1-3-6-18/h1-3,5-6,19-20,25H,4,7-17H2/t19-,20+/m1/s1. The van der Waals surface area contributed by atoms with Crippen LogP contribution in [0.25, 0.3) is 0 Å². The van der Waals surface area contributed by atoms with E-state index in [-0.39, 0.29) is 6.10 Å². The zero-order valence-electron chi connectivity index (χ0n) is 15.3. The Bertz CT molecular complexity index is 532. The molecule has 138 valence electrons. The lowest BCUT2D eigenvalue weighted by Gasteiger charge is -2.40. The van der Waals surface area contributed by atoms with Crippen molar-refractivity contribution in [3.05, 3.63) is 30.3 Å². The number of benzene rings is 1. The molecule has 1 aromatic rings. The summed E-state index contributed by atoms with van der Waals surface area (Å²) in [5.74, 6) is 0. The van der Waals surface area contributed by atoms with Crippen LogP contribution in [-0.2, 0) is 0 Å². The van der Waals surface area contributed by atoms with Gasteiger partial charge in [0, 0.05) is 70.6 Å². The Morgan fingerprint density at radius 3 is 2.40 bits per heavy atom. The van der Waals surface area contributed by atoms with E-state index in [0.717, 1.165) is 58.4 Å². The third kappa shape index (κ3) is 4.34. The van der Waals surface area contributed by atoms with E-state index in [1.807, 2.05) is 0 Å². The van der Waals surface area contributed by atoms with Gasteiger partial charge in [-0.15, -0.1) is 0 Å². The zero-order valence-corrected chi connectivity index (χ0v) is 15.3. The van der Waals surface area contributed by atoms with Crippen LogP contribution in [0.4, 0.5) is 5.69 Å². The molecule has 1 aromatic carbocycles. The Morgan fingerprint density at radius 2 is 1.60 bits per heavy atom. The van der Waals surface area contributed by atoms with E-state index in [1.54, 1.807) is 0 Å². The summed E-state index contributed by atoms with van der Waals surface area (Å²) in [4.78, 5) is 9.99. The Balaban J connectivity index is 1.19. The molecule has 0 aromatic heterocycles. The number of fused-ring (bicyclic) bond motifs is 1. The second-order valence-corrected chi connectivity index (χ2v) is 7.87. The van der Waals surface area contributed by atoms with Crippen LogP contribution in [0.3, 0.4) is 0 Å². The first kappa shape index (κ1) is 17.3. The number of nitrogens with zero attached hydrogens (tertiary/aromatic N) is 4. The van der Waals surface area contributed by atoms with Crippen LogP contribution in [0.1, 0.15) is 12.8 Å². The smallest absolute Gasteiger partial charge is 0.0793 e. The summed E-state index contributed by atoms with van der Waals surface area (Å²) < 4.78 is 0. The fourth-order valence-electron chi connectivity index (χ4n) is 4.70. The van der Waals surface area contributed by atoms with Gasteiger partial charge in [-0.2, -0.15) is 0 Å². The van der Waals surface area contributed by atoms with E-state index in [9.17, 15) is 5.11 Å². The number of aliphatic hydroxyl groups is 1. The molecule has 0 amide bonds. The van der Waals surface area contributed by atoms with Crippen molar-refractivity contribution in [2.75, 3.05) is 70.3 Å². The molecule has 0 spiro atoms. The van der Waals surface area contributed by atoms with Crippen molar-refractivity contribution >= 4 is 5.69 Å². The largest absolute Gasteiger partial charge is 0.390 e. The Kier molecular flexibility index (Phi) is 5.56. The molecule has 25 heavy (non-hydrogen) atoms. The molecule has 3 fully saturated rings. The molecule has 3 aliphatic heterocycles. The van der Waals surface area contributed by atoms with Gasteiger partial charge in [0.2, 0.25) is 0 Å². The molecular weight excluding hydrogens is 312 g/mol. The van der Waals surface area contributed by atoms with Crippen LogP contribution in [-0.4, -0.2) is 97.4 Å². The molecule has 4 rings (SSSR count). The molecule has 0 saturated carbocycles. The normalized spacial score (nSPS) is 27.4. The fourth-order valence-corrected chi connectivity index (χ4v) is 4.70. The highest BCUT2D eigenvalue weighted by Crippen LogP contribution is 2.21. The van der Waals surface area contributed by atoms with Crippen LogP contribution in [0, 0.1) is 0 Å². The first-order chi connectivity index (χ1) is 12.3. The molecule has 3 saturated heterocycles. The van der Waals surface area contributed by atoms with Crippen molar-refractivity contribution in [1.82, 2.24) is 14.7 Å². The summed E-state index contributed by atoms with van der Waals surface area (Å²) in [6, 6.07) is 11.4. The van der Waals surface area contributed by atoms with Crippen molar-refractivity contribution in [3.63, 3.8) is 0 Å². The van der Waals surface area contributed by atoms with E-state index < -0.39 is 0 Å². The lowest BCUT2D eigenvalue weighted by molar-refractivity contribution is 0.0385. The highest BCUT2D eigenvalue weighted by atomic mass is 16.3. The topological polar surface area (TPSA) is 33.2 Å². The zero-order chi connectivity index (χ0) is 17.1. The van der Waals surface area contributed by atoms with Gasteiger partial charge in [0.05, 0.1) is 6.10 Å². The summed E-state index contributed by atoms with van der Waals surface area (Å²) in [5, 5.41) is 10.6. The van der Waals surface area contributed by atoms with Gasteiger partial charge in [-0.05, 0) is 31.5 Å². The van der Waals surface area contributed by atoms with Crippen molar-refractivity contribution in [1.29, 1.82) is 0 Å². The minimum Gasteiger partial charge on any atom is -0.390 e. The molecule has 0 radical (unpaired) electrons. The number of hydrogen-bond acceptors (Lipinski definition) is 5. The monoisotopic (exact) mass is 344 g/mol. The predicted octanol–water partition coefficient (Wildman–Crippen LogP) is 0.950. The molecule has 1 N–H and O–H groups in total. The SMILES string of the molecule is O[C@@H](CN1CCN(c2ccccc2)CC1)CN1CCN2CCC[C@@H]2C1. The van der Waals surface area contributed by atoms with E-state index in [2.05, 4.69) is 49.9 Å². The molecule has 2 atom stereocenters. The number of anilines is 1. The molecule has 5 nitrogen and oxygen atoms in total. The summed E-state index contributed by atoms with van der Waals surface area (Å²) in [5.41, 5.74) is 1.32. The van der Waals surface area contributed by atoms with Crippen LogP contribution in [0.2, 0.25) is 0 Å². The van der Waals surface area contributed by atoms with E-state index in [0.29, 0.717) is 0 Å². The van der Waals surface area contributed by atoms with Crippen molar-refractivity contribution in [3.8, 4) is 0 Å². The molecule has 3 heterocycles.